The Balaban J connectivity index is 1.66. The van der Waals surface area contributed by atoms with Gasteiger partial charge in [0.25, 0.3) is 0 Å². The van der Waals surface area contributed by atoms with Crippen molar-refractivity contribution in [2.24, 2.45) is 11.1 Å². The molecule has 3 aromatic carbocycles. The highest BCUT2D eigenvalue weighted by Gasteiger charge is 2.45. The first-order chi connectivity index (χ1) is 19.0. The van der Waals surface area contributed by atoms with E-state index in [1.807, 2.05) is 67.3 Å². The van der Waals surface area contributed by atoms with Crippen LogP contribution in [-0.4, -0.2) is 5.78 Å². The maximum Gasteiger partial charge on any atom is 0.162 e. The highest BCUT2D eigenvalue weighted by Crippen LogP contribution is 2.51. The molecule has 2 aliphatic rings. The van der Waals surface area contributed by atoms with Crippen LogP contribution in [0.5, 0.6) is 5.75 Å². The fourth-order valence-electron chi connectivity index (χ4n) is 5.81. The Hall–Kier alpha value is -3.34. The molecule has 0 saturated carbocycles. The fraction of sp³-hybridized carbons (Fsp3) is 0.273. The third-order valence-corrected chi connectivity index (χ3v) is 8.74. The van der Waals surface area contributed by atoms with Gasteiger partial charge in [0.2, 0.25) is 0 Å². The van der Waals surface area contributed by atoms with E-state index in [4.69, 9.17) is 10.5 Å². The minimum absolute atomic E-state index is 0.0622. The molecule has 5 nitrogen and oxygen atoms in total. The summed E-state index contributed by atoms with van der Waals surface area (Å²) in [7, 11) is 0. The predicted molar refractivity (Wildman–Crippen MR) is 166 cm³/mol. The highest BCUT2D eigenvalue weighted by atomic mass is 79.9. The number of hydrogen-bond donors (Lipinski definition) is 1. The molecular formula is C33H31Br2N3O2. The Bertz CT molecular complexity index is 1600. The second-order valence-corrected chi connectivity index (χ2v) is 13.2. The molecular weight excluding hydrogens is 630 g/mol. The summed E-state index contributed by atoms with van der Waals surface area (Å²) in [6.07, 6.45) is 1.09. The number of Topliss-reactive ketones (excluding diaryl/α,β-unsaturated/α-hetero) is 1. The van der Waals surface area contributed by atoms with Crippen LogP contribution in [0.3, 0.4) is 0 Å². The molecule has 0 amide bonds. The van der Waals surface area contributed by atoms with E-state index in [0.29, 0.717) is 36.4 Å². The van der Waals surface area contributed by atoms with Crippen LogP contribution in [0, 0.1) is 30.6 Å². The van der Waals surface area contributed by atoms with Crippen LogP contribution >= 0.6 is 31.9 Å². The lowest BCUT2D eigenvalue weighted by molar-refractivity contribution is -0.118. The van der Waals surface area contributed by atoms with Crippen LogP contribution < -0.4 is 15.4 Å². The van der Waals surface area contributed by atoms with Gasteiger partial charge in [-0.15, -0.1) is 0 Å². The van der Waals surface area contributed by atoms with Crippen molar-refractivity contribution in [2.75, 3.05) is 4.90 Å². The van der Waals surface area contributed by atoms with Crippen molar-refractivity contribution >= 4 is 43.3 Å². The number of nitriles is 1. The number of halogens is 2. The number of nitrogens with zero attached hydrogens (tertiary/aromatic N) is 2. The number of ether oxygens (including phenoxy) is 1. The highest BCUT2D eigenvalue weighted by molar-refractivity contribution is 9.10. The largest absolute Gasteiger partial charge is 0.489 e. The van der Waals surface area contributed by atoms with E-state index >= 15 is 0 Å². The number of carbonyl (C=O) groups excluding carboxylic acids is 1. The Kier molecular flexibility index (Phi) is 7.69. The zero-order valence-corrected chi connectivity index (χ0v) is 26.2. The number of benzene rings is 3. The van der Waals surface area contributed by atoms with E-state index in [0.717, 1.165) is 48.3 Å². The first kappa shape index (κ1) is 28.2. The zero-order chi connectivity index (χ0) is 28.8. The van der Waals surface area contributed by atoms with E-state index in [-0.39, 0.29) is 11.2 Å². The summed E-state index contributed by atoms with van der Waals surface area (Å²) in [5.41, 5.74) is 13.3. The van der Waals surface area contributed by atoms with Gasteiger partial charge in [-0.2, -0.15) is 5.26 Å². The van der Waals surface area contributed by atoms with Gasteiger partial charge in [0.15, 0.2) is 5.78 Å². The Morgan fingerprint density at radius 3 is 2.27 bits per heavy atom. The molecule has 7 heteroatoms. The molecule has 1 unspecified atom stereocenters. The third-order valence-electron chi connectivity index (χ3n) is 7.68. The molecule has 3 aromatic rings. The molecule has 40 heavy (non-hydrogen) atoms. The lowest BCUT2D eigenvalue weighted by Crippen LogP contribution is -2.42. The molecule has 5 rings (SSSR count). The summed E-state index contributed by atoms with van der Waals surface area (Å²) in [5, 5.41) is 10.5. The number of ketones is 1. The quantitative estimate of drug-likeness (QED) is 0.298. The number of aryl methyl sites for hydroxylation is 1. The summed E-state index contributed by atoms with van der Waals surface area (Å²) < 4.78 is 8.05. The molecule has 2 N–H and O–H groups in total. The molecule has 1 atom stereocenters. The summed E-state index contributed by atoms with van der Waals surface area (Å²) >= 11 is 6.97. The second kappa shape index (κ2) is 10.9. The summed E-state index contributed by atoms with van der Waals surface area (Å²) in [6.45, 7) is 8.66. The van der Waals surface area contributed by atoms with Crippen LogP contribution in [0.15, 0.2) is 92.3 Å². The van der Waals surface area contributed by atoms with Crippen LogP contribution in [0.4, 0.5) is 5.69 Å². The average Bonchev–Trinajstić information content (AvgIpc) is 2.89. The summed E-state index contributed by atoms with van der Waals surface area (Å²) in [4.78, 5) is 15.9. The van der Waals surface area contributed by atoms with Crippen molar-refractivity contribution in [2.45, 2.75) is 53.1 Å². The van der Waals surface area contributed by atoms with Crippen LogP contribution in [0.2, 0.25) is 0 Å². The monoisotopic (exact) mass is 659 g/mol. The number of rotatable bonds is 5. The van der Waals surface area contributed by atoms with E-state index < -0.39 is 5.92 Å². The Morgan fingerprint density at radius 2 is 1.65 bits per heavy atom. The third kappa shape index (κ3) is 5.35. The number of nitrogens with two attached hydrogens (primary N) is 1. The summed E-state index contributed by atoms with van der Waals surface area (Å²) in [6, 6.07) is 22.1. The molecule has 0 saturated heterocycles. The Morgan fingerprint density at radius 1 is 1.02 bits per heavy atom. The van der Waals surface area contributed by atoms with Crippen molar-refractivity contribution in [3.05, 3.63) is 115 Å². The molecule has 1 aliphatic heterocycles. The molecule has 1 aliphatic carbocycles. The lowest BCUT2D eigenvalue weighted by Gasteiger charge is -2.44. The van der Waals surface area contributed by atoms with E-state index in [9.17, 15) is 10.1 Å². The number of allylic oxidation sites excluding steroid dienone is 3. The van der Waals surface area contributed by atoms with Gasteiger partial charge in [0, 0.05) is 32.3 Å². The molecule has 0 fully saturated rings. The SMILES string of the molecule is Cc1cc(COc2ccc(Br)cc2)c(C)c(C2C(C#N)=C(N)N(c3ccc(Br)cc3)C3=C2C(=O)CC(C)(C)C3)c1. The van der Waals surface area contributed by atoms with Gasteiger partial charge in [-0.25, -0.2) is 0 Å². The first-order valence-electron chi connectivity index (χ1n) is 13.2. The van der Waals surface area contributed by atoms with Crippen LogP contribution in [-0.2, 0) is 11.4 Å². The number of carbonyl (C=O) groups is 1. The normalized spacial score (nSPS) is 18.5. The maximum absolute atomic E-state index is 14.0. The molecule has 0 bridgehead atoms. The molecule has 0 aromatic heterocycles. The van der Waals surface area contributed by atoms with Gasteiger partial charge in [-0.3, -0.25) is 9.69 Å². The second-order valence-electron chi connectivity index (χ2n) is 11.3. The van der Waals surface area contributed by atoms with Gasteiger partial charge in [-0.05, 0) is 90.9 Å². The fourth-order valence-corrected chi connectivity index (χ4v) is 6.34. The maximum atomic E-state index is 14.0. The van der Waals surface area contributed by atoms with Gasteiger partial charge >= 0.3 is 0 Å². The average molecular weight is 661 g/mol. The van der Waals surface area contributed by atoms with Crippen LogP contribution in [0.1, 0.15) is 54.9 Å². The standard InChI is InChI=1S/C33H31Br2N3O2/c1-19-13-21(18-40-25-11-7-23(35)8-12-25)20(2)26(14-19)30-27(17-36)32(37)38(24-9-5-22(34)6-10-24)28-15-33(3,4)16-29(39)31(28)30/h5-14,30H,15-16,18,37H2,1-4H3. The van der Waals surface area contributed by atoms with E-state index in [2.05, 4.69) is 63.9 Å². The predicted octanol–water partition coefficient (Wildman–Crippen LogP) is 8.35. The van der Waals surface area contributed by atoms with Gasteiger partial charge in [0.1, 0.15) is 18.2 Å². The molecule has 0 radical (unpaired) electrons. The van der Waals surface area contributed by atoms with Gasteiger partial charge < -0.3 is 10.5 Å². The molecule has 1 heterocycles. The first-order valence-corrected chi connectivity index (χ1v) is 14.8. The molecule has 0 spiro atoms. The van der Waals surface area contributed by atoms with Crippen LogP contribution in [0.25, 0.3) is 0 Å². The summed E-state index contributed by atoms with van der Waals surface area (Å²) in [5.74, 6) is 0.659. The number of anilines is 1. The van der Waals surface area contributed by atoms with Crippen molar-refractivity contribution in [3.63, 3.8) is 0 Å². The van der Waals surface area contributed by atoms with Crippen molar-refractivity contribution < 1.29 is 9.53 Å². The van der Waals surface area contributed by atoms with Gasteiger partial charge in [-0.1, -0.05) is 63.4 Å². The smallest absolute Gasteiger partial charge is 0.162 e. The minimum atomic E-state index is -0.540. The lowest BCUT2D eigenvalue weighted by atomic mass is 9.68. The van der Waals surface area contributed by atoms with Crippen molar-refractivity contribution in [1.29, 1.82) is 5.26 Å². The van der Waals surface area contributed by atoms with Crippen molar-refractivity contribution in [3.8, 4) is 11.8 Å². The molecule has 204 valence electrons. The zero-order valence-electron chi connectivity index (χ0n) is 23.0. The Labute approximate surface area is 252 Å². The topological polar surface area (TPSA) is 79.3 Å². The van der Waals surface area contributed by atoms with E-state index in [1.54, 1.807) is 0 Å². The minimum Gasteiger partial charge on any atom is -0.489 e. The van der Waals surface area contributed by atoms with Gasteiger partial charge in [0.05, 0.1) is 17.6 Å². The van der Waals surface area contributed by atoms with Crippen molar-refractivity contribution in [1.82, 2.24) is 0 Å². The van der Waals surface area contributed by atoms with E-state index in [1.165, 1.54) is 0 Å². The number of hydrogen-bond acceptors (Lipinski definition) is 5.